The van der Waals surface area contributed by atoms with E-state index in [4.69, 9.17) is 11.6 Å². The topological polar surface area (TPSA) is 77.8 Å². The fraction of sp³-hybridized carbons (Fsp3) is 0.273. The first kappa shape index (κ1) is 13.2. The highest BCUT2D eigenvalue weighted by molar-refractivity contribution is 9.10. The lowest BCUT2D eigenvalue weighted by Gasteiger charge is -2.07. The Morgan fingerprint density at radius 3 is 2.67 bits per heavy atom. The number of halogens is 2. The molecular weight excluding hydrogens is 321 g/mol. The number of hydrogen-bond acceptors (Lipinski definition) is 2. The second-order valence-corrected chi connectivity index (χ2v) is 5.03. The fourth-order valence-electron chi connectivity index (χ4n) is 1.59. The van der Waals surface area contributed by atoms with E-state index in [1.165, 1.54) is 0 Å². The fourth-order valence-corrected chi connectivity index (χ4v) is 2.17. The van der Waals surface area contributed by atoms with Gasteiger partial charge in [-0.2, -0.15) is 0 Å². The van der Waals surface area contributed by atoms with Crippen LogP contribution in [0.2, 0.25) is 0 Å². The van der Waals surface area contributed by atoms with E-state index in [1.54, 1.807) is 12.1 Å². The molecule has 2 aromatic rings. The van der Waals surface area contributed by atoms with E-state index in [2.05, 4.69) is 31.2 Å². The van der Waals surface area contributed by atoms with Crippen molar-refractivity contribution in [2.75, 3.05) is 11.2 Å². The number of amides is 1. The number of carbonyl (C=O) groups excluding carboxylic acids is 1. The van der Waals surface area contributed by atoms with E-state index in [0.717, 1.165) is 0 Å². The zero-order valence-corrected chi connectivity index (χ0v) is 11.7. The van der Waals surface area contributed by atoms with Gasteiger partial charge in [-0.1, -0.05) is 0 Å². The maximum absolute atomic E-state index is 11.6. The van der Waals surface area contributed by atoms with Gasteiger partial charge in [0.1, 0.15) is 0 Å². The van der Waals surface area contributed by atoms with Crippen LogP contribution in [0.4, 0.5) is 5.69 Å². The Morgan fingerprint density at radius 2 is 2.00 bits per heavy atom. The summed E-state index contributed by atoms with van der Waals surface area (Å²) in [6, 6.07) is 3.44. The Hall–Kier alpha value is -1.27. The molecule has 0 aliphatic carbocycles. The molecule has 0 saturated heterocycles. The molecule has 0 aliphatic heterocycles. The molecule has 1 aromatic heterocycles. The molecule has 0 unspecified atom stereocenters. The van der Waals surface area contributed by atoms with Crippen molar-refractivity contribution in [2.45, 2.75) is 12.8 Å². The van der Waals surface area contributed by atoms with Crippen LogP contribution in [0, 0.1) is 0 Å². The lowest BCUT2D eigenvalue weighted by molar-refractivity contribution is -0.116. The minimum Gasteiger partial charge on any atom is -0.325 e. The molecule has 2 rings (SSSR count). The summed E-state index contributed by atoms with van der Waals surface area (Å²) in [4.78, 5) is 28.0. The first-order chi connectivity index (χ1) is 8.60. The smallest absolute Gasteiger partial charge is 0.323 e. The Bertz CT molecular complexity index is 635. The summed E-state index contributed by atoms with van der Waals surface area (Å²) < 4.78 is 0.712. The van der Waals surface area contributed by atoms with Gasteiger partial charge in [0.15, 0.2) is 0 Å². The monoisotopic (exact) mass is 331 g/mol. The average Bonchev–Trinajstić information content (AvgIpc) is 2.66. The number of hydrogen-bond donors (Lipinski definition) is 3. The third-order valence-corrected chi connectivity index (χ3v) is 3.34. The summed E-state index contributed by atoms with van der Waals surface area (Å²) in [5.74, 6) is 0.354. The molecule has 1 aromatic carbocycles. The molecule has 7 heteroatoms. The summed E-state index contributed by atoms with van der Waals surface area (Å²) in [5.41, 5.74) is 1.68. The molecule has 0 bridgehead atoms. The Kier molecular flexibility index (Phi) is 4.08. The summed E-state index contributed by atoms with van der Waals surface area (Å²) in [6.45, 7) is 0. The van der Waals surface area contributed by atoms with Crippen LogP contribution in [0.15, 0.2) is 21.4 Å². The van der Waals surface area contributed by atoms with E-state index >= 15 is 0 Å². The zero-order chi connectivity index (χ0) is 13.1. The minimum absolute atomic E-state index is 0.103. The predicted octanol–water partition coefficient (Wildman–Crippen LogP) is 2.58. The number of aromatic amines is 2. The summed E-state index contributed by atoms with van der Waals surface area (Å²) in [6.07, 6.45) is 1.01. The second-order valence-electron chi connectivity index (χ2n) is 3.80. The standard InChI is InChI=1S/C11H11BrClN3O2/c12-6-4-8-9(16-11(18)15-8)5-7(6)14-10(17)2-1-3-13/h4-5H,1-3H2,(H,14,17)(H2,15,16,18). The summed E-state index contributed by atoms with van der Waals surface area (Å²) in [5, 5.41) is 2.77. The molecule has 1 heterocycles. The number of rotatable bonds is 4. The molecule has 5 nitrogen and oxygen atoms in total. The zero-order valence-electron chi connectivity index (χ0n) is 9.35. The maximum atomic E-state index is 11.6. The van der Waals surface area contributed by atoms with Gasteiger partial charge in [-0.05, 0) is 34.5 Å². The van der Waals surface area contributed by atoms with E-state index in [-0.39, 0.29) is 11.6 Å². The van der Waals surface area contributed by atoms with Gasteiger partial charge in [-0.25, -0.2) is 4.79 Å². The highest BCUT2D eigenvalue weighted by Gasteiger charge is 2.08. The number of nitrogens with one attached hydrogen (secondary N) is 3. The van der Waals surface area contributed by atoms with Gasteiger partial charge in [0.2, 0.25) is 5.91 Å². The van der Waals surface area contributed by atoms with Crippen molar-refractivity contribution in [3.05, 3.63) is 27.1 Å². The Morgan fingerprint density at radius 1 is 1.33 bits per heavy atom. The summed E-state index contributed by atoms with van der Waals surface area (Å²) in [7, 11) is 0. The third-order valence-electron chi connectivity index (χ3n) is 2.42. The van der Waals surface area contributed by atoms with Crippen molar-refractivity contribution in [1.29, 1.82) is 0 Å². The Labute approximate surface area is 116 Å². The molecule has 0 atom stereocenters. The summed E-state index contributed by atoms with van der Waals surface area (Å²) >= 11 is 8.87. The van der Waals surface area contributed by atoms with Gasteiger partial charge in [-0.15, -0.1) is 11.6 Å². The van der Waals surface area contributed by atoms with Gasteiger partial charge < -0.3 is 15.3 Å². The molecule has 18 heavy (non-hydrogen) atoms. The van der Waals surface area contributed by atoms with Crippen LogP contribution in [-0.2, 0) is 4.79 Å². The van der Waals surface area contributed by atoms with Crippen molar-refractivity contribution in [3.8, 4) is 0 Å². The average molecular weight is 333 g/mol. The first-order valence-electron chi connectivity index (χ1n) is 5.37. The highest BCUT2D eigenvalue weighted by atomic mass is 79.9. The number of aromatic nitrogens is 2. The minimum atomic E-state index is -0.275. The first-order valence-corrected chi connectivity index (χ1v) is 6.70. The van der Waals surface area contributed by atoms with E-state index in [1.807, 2.05) is 0 Å². The predicted molar refractivity (Wildman–Crippen MR) is 75.2 cm³/mol. The molecular formula is C11H11BrClN3O2. The molecule has 96 valence electrons. The molecule has 0 radical (unpaired) electrons. The van der Waals surface area contributed by atoms with Crippen LogP contribution in [0.5, 0.6) is 0 Å². The van der Waals surface area contributed by atoms with Crippen molar-refractivity contribution in [1.82, 2.24) is 9.97 Å². The largest absolute Gasteiger partial charge is 0.325 e. The molecule has 0 spiro atoms. The van der Waals surface area contributed by atoms with Crippen molar-refractivity contribution >= 4 is 50.2 Å². The molecule has 1 amide bonds. The van der Waals surface area contributed by atoms with Crippen LogP contribution in [0.25, 0.3) is 11.0 Å². The van der Waals surface area contributed by atoms with Crippen LogP contribution in [0.3, 0.4) is 0 Å². The molecule has 0 saturated carbocycles. The van der Waals surface area contributed by atoms with Crippen LogP contribution < -0.4 is 11.0 Å². The van der Waals surface area contributed by atoms with Gasteiger partial charge >= 0.3 is 5.69 Å². The number of imidazole rings is 1. The van der Waals surface area contributed by atoms with Gasteiger partial charge in [0, 0.05) is 16.8 Å². The van der Waals surface area contributed by atoms with Crippen LogP contribution in [-0.4, -0.2) is 21.8 Å². The van der Waals surface area contributed by atoms with Gasteiger partial charge in [0.25, 0.3) is 0 Å². The van der Waals surface area contributed by atoms with E-state index < -0.39 is 0 Å². The molecule has 0 aliphatic rings. The van der Waals surface area contributed by atoms with Gasteiger partial charge in [-0.3, -0.25) is 4.79 Å². The molecule has 0 fully saturated rings. The number of H-pyrrole nitrogens is 2. The van der Waals surface area contributed by atoms with Crippen LogP contribution in [0.1, 0.15) is 12.8 Å². The third kappa shape index (κ3) is 2.94. The SMILES string of the molecule is O=C(CCCCl)Nc1cc2[nH]c(=O)[nH]c2cc1Br. The van der Waals surface area contributed by atoms with Gasteiger partial charge in [0.05, 0.1) is 16.7 Å². The second kappa shape index (κ2) is 5.58. The number of carbonyl (C=O) groups is 1. The number of alkyl halides is 1. The highest BCUT2D eigenvalue weighted by Crippen LogP contribution is 2.26. The van der Waals surface area contributed by atoms with Crippen molar-refractivity contribution in [3.63, 3.8) is 0 Å². The number of benzene rings is 1. The lowest BCUT2D eigenvalue weighted by atomic mass is 10.2. The van der Waals surface area contributed by atoms with E-state index in [9.17, 15) is 9.59 Å². The van der Waals surface area contributed by atoms with Crippen molar-refractivity contribution < 1.29 is 4.79 Å². The quantitative estimate of drug-likeness (QED) is 0.753. The van der Waals surface area contributed by atoms with Crippen LogP contribution >= 0.6 is 27.5 Å². The Balaban J connectivity index is 2.24. The van der Waals surface area contributed by atoms with E-state index in [0.29, 0.717) is 39.9 Å². The molecule has 3 N–H and O–H groups in total. The lowest BCUT2D eigenvalue weighted by Crippen LogP contribution is -2.11. The number of fused-ring (bicyclic) bond motifs is 1. The normalized spacial score (nSPS) is 10.8. The maximum Gasteiger partial charge on any atom is 0.323 e. The van der Waals surface area contributed by atoms with Crippen molar-refractivity contribution in [2.24, 2.45) is 0 Å². The number of anilines is 1.